The van der Waals surface area contributed by atoms with Gasteiger partial charge in [-0.15, -0.1) is 11.3 Å². The van der Waals surface area contributed by atoms with Crippen molar-refractivity contribution in [3.05, 3.63) is 92.2 Å². The second-order valence-corrected chi connectivity index (χ2v) is 8.48. The fourth-order valence-electron chi connectivity index (χ4n) is 3.69. The molecule has 0 spiro atoms. The minimum atomic E-state index is -1.13. The van der Waals surface area contributed by atoms with Gasteiger partial charge in [0.1, 0.15) is 11.8 Å². The maximum absolute atomic E-state index is 14.0. The van der Waals surface area contributed by atoms with Crippen LogP contribution in [-0.2, 0) is 9.59 Å². The number of hydrogen-bond donors (Lipinski definition) is 1. The van der Waals surface area contributed by atoms with Gasteiger partial charge in [0.15, 0.2) is 11.6 Å². The maximum atomic E-state index is 14.0. The summed E-state index contributed by atoms with van der Waals surface area (Å²) in [4.78, 5) is 27.8. The van der Waals surface area contributed by atoms with E-state index in [1.165, 1.54) is 17.4 Å². The predicted octanol–water partition coefficient (Wildman–Crippen LogP) is 5.58. The van der Waals surface area contributed by atoms with Crippen molar-refractivity contribution in [3.63, 3.8) is 0 Å². The fraction of sp³-hybridized carbons (Fsp3) is 0.167. The van der Waals surface area contributed by atoms with Gasteiger partial charge in [0.25, 0.3) is 11.7 Å². The van der Waals surface area contributed by atoms with E-state index < -0.39 is 29.4 Å². The summed E-state index contributed by atoms with van der Waals surface area (Å²) in [6, 6.07) is 9.16. The van der Waals surface area contributed by atoms with Crippen LogP contribution in [0.15, 0.2) is 53.4 Å². The molecule has 1 saturated heterocycles. The molecule has 1 atom stereocenters. The van der Waals surface area contributed by atoms with E-state index in [1.54, 1.807) is 12.1 Å². The van der Waals surface area contributed by atoms with Gasteiger partial charge < -0.3 is 5.11 Å². The van der Waals surface area contributed by atoms with Crippen LogP contribution in [0, 0.1) is 32.4 Å². The molecular formula is C24H19F2NO3S. The van der Waals surface area contributed by atoms with Gasteiger partial charge in [-0.2, -0.15) is 0 Å². The van der Waals surface area contributed by atoms with Gasteiger partial charge >= 0.3 is 0 Å². The molecule has 0 aliphatic carbocycles. The highest BCUT2D eigenvalue weighted by atomic mass is 32.1. The molecule has 1 aliphatic heterocycles. The summed E-state index contributed by atoms with van der Waals surface area (Å²) in [7, 11) is 0. The van der Waals surface area contributed by atoms with Crippen molar-refractivity contribution in [3.8, 4) is 0 Å². The van der Waals surface area contributed by atoms with Gasteiger partial charge in [0.2, 0.25) is 0 Å². The van der Waals surface area contributed by atoms with Crippen LogP contribution in [0.4, 0.5) is 14.5 Å². The Balaban J connectivity index is 1.96. The number of aliphatic hydroxyl groups is 1. The van der Waals surface area contributed by atoms with Crippen molar-refractivity contribution < 1.29 is 23.5 Å². The highest BCUT2D eigenvalue weighted by Gasteiger charge is 2.48. The number of aryl methyl sites for hydroxylation is 3. The van der Waals surface area contributed by atoms with Gasteiger partial charge in [-0.3, -0.25) is 14.5 Å². The predicted molar refractivity (Wildman–Crippen MR) is 116 cm³/mol. The first-order valence-corrected chi connectivity index (χ1v) is 10.5. The Bertz CT molecular complexity index is 1260. The van der Waals surface area contributed by atoms with Crippen molar-refractivity contribution in [2.75, 3.05) is 4.90 Å². The highest BCUT2D eigenvalue weighted by Crippen LogP contribution is 2.45. The first kappa shape index (κ1) is 20.9. The normalized spacial score (nSPS) is 18.1. The van der Waals surface area contributed by atoms with E-state index in [2.05, 4.69) is 0 Å². The van der Waals surface area contributed by atoms with Gasteiger partial charge in [0.05, 0.1) is 5.57 Å². The number of benzene rings is 2. The molecule has 3 aromatic rings. The molecule has 1 aromatic heterocycles. The third kappa shape index (κ3) is 3.45. The maximum Gasteiger partial charge on any atom is 0.300 e. The Morgan fingerprint density at radius 3 is 2.29 bits per heavy atom. The number of ketones is 1. The number of halogens is 2. The highest BCUT2D eigenvalue weighted by molar-refractivity contribution is 7.10. The lowest BCUT2D eigenvalue weighted by molar-refractivity contribution is -0.132. The first-order valence-electron chi connectivity index (χ1n) is 9.58. The number of nitrogens with zero attached hydrogens (tertiary/aromatic N) is 1. The summed E-state index contributed by atoms with van der Waals surface area (Å²) in [6.45, 7) is 5.64. The van der Waals surface area contributed by atoms with Crippen molar-refractivity contribution in [1.29, 1.82) is 0 Å². The number of hydrogen-bond acceptors (Lipinski definition) is 4. The first-order chi connectivity index (χ1) is 14.7. The number of Topliss-reactive ketones (excluding diaryl/α,β-unsaturated/α-hetero) is 1. The summed E-state index contributed by atoms with van der Waals surface area (Å²) in [5.74, 6) is -4.27. The standard InChI is InChI=1S/C24H19F2NO3S/c1-12-4-5-15(10-14(12)3)21(28)19-20(23-13(2)8-9-31-23)27(24(30)22(19)29)16-6-7-17(25)18(26)11-16/h4-11,20,28H,1-3H3/b21-19-. The van der Waals surface area contributed by atoms with E-state index in [1.807, 2.05) is 38.3 Å². The van der Waals surface area contributed by atoms with Gasteiger partial charge in [0, 0.05) is 22.2 Å². The van der Waals surface area contributed by atoms with Crippen LogP contribution in [0.3, 0.4) is 0 Å². The Morgan fingerprint density at radius 1 is 0.935 bits per heavy atom. The zero-order valence-corrected chi connectivity index (χ0v) is 17.9. The van der Waals surface area contributed by atoms with Crippen molar-refractivity contribution in [1.82, 2.24) is 0 Å². The van der Waals surface area contributed by atoms with E-state index in [0.717, 1.165) is 33.7 Å². The average Bonchev–Trinajstić information content (AvgIpc) is 3.26. The Hall–Kier alpha value is -3.32. The van der Waals surface area contributed by atoms with Crippen LogP contribution in [0.5, 0.6) is 0 Å². The van der Waals surface area contributed by atoms with Crippen molar-refractivity contribution in [2.45, 2.75) is 26.8 Å². The molecule has 1 fully saturated rings. The van der Waals surface area contributed by atoms with Crippen molar-refractivity contribution in [2.24, 2.45) is 0 Å². The second-order valence-electron chi connectivity index (χ2n) is 7.53. The molecule has 1 amide bonds. The SMILES string of the molecule is Cc1ccc(/C(O)=C2/C(=O)C(=O)N(c3ccc(F)c(F)c3)C2c2sccc2C)cc1C. The minimum absolute atomic E-state index is 0.0398. The zero-order chi connectivity index (χ0) is 22.4. The zero-order valence-electron chi connectivity index (χ0n) is 17.1. The monoisotopic (exact) mass is 439 g/mol. The molecule has 4 nitrogen and oxygen atoms in total. The van der Waals surface area contributed by atoms with E-state index in [4.69, 9.17) is 0 Å². The minimum Gasteiger partial charge on any atom is -0.507 e. The molecule has 158 valence electrons. The molecule has 0 radical (unpaired) electrons. The molecular weight excluding hydrogens is 420 g/mol. The van der Waals surface area contributed by atoms with Crippen LogP contribution in [-0.4, -0.2) is 16.8 Å². The molecule has 7 heteroatoms. The quantitative estimate of drug-likeness (QED) is 0.329. The lowest BCUT2D eigenvalue weighted by atomic mass is 9.96. The molecule has 0 bridgehead atoms. The van der Waals surface area contributed by atoms with Crippen LogP contribution >= 0.6 is 11.3 Å². The average molecular weight is 439 g/mol. The number of anilines is 1. The van der Waals surface area contributed by atoms with Gasteiger partial charge in [-0.1, -0.05) is 12.1 Å². The molecule has 4 rings (SSSR count). The summed E-state index contributed by atoms with van der Waals surface area (Å²) >= 11 is 1.32. The number of amides is 1. The number of aliphatic hydroxyl groups excluding tert-OH is 1. The summed E-state index contributed by atoms with van der Waals surface area (Å²) < 4.78 is 27.5. The largest absolute Gasteiger partial charge is 0.507 e. The fourth-order valence-corrected chi connectivity index (χ4v) is 4.72. The molecule has 0 saturated carbocycles. The van der Waals surface area contributed by atoms with Crippen LogP contribution in [0.25, 0.3) is 5.76 Å². The van der Waals surface area contributed by atoms with E-state index in [-0.39, 0.29) is 17.0 Å². The molecule has 1 aliphatic rings. The number of carbonyl (C=O) groups is 2. The van der Waals surface area contributed by atoms with E-state index >= 15 is 0 Å². The smallest absolute Gasteiger partial charge is 0.300 e. The third-order valence-corrected chi connectivity index (χ3v) is 6.63. The second kappa shape index (κ2) is 7.74. The lowest BCUT2D eigenvalue weighted by Crippen LogP contribution is -2.29. The Morgan fingerprint density at radius 2 is 1.68 bits per heavy atom. The summed E-state index contributed by atoms with van der Waals surface area (Å²) in [5.41, 5.74) is 3.12. The Labute approximate surface area is 182 Å². The molecule has 2 aromatic carbocycles. The molecule has 1 N–H and O–H groups in total. The Kier molecular flexibility index (Phi) is 5.23. The topological polar surface area (TPSA) is 57.6 Å². The summed E-state index contributed by atoms with van der Waals surface area (Å²) in [6.07, 6.45) is 0. The van der Waals surface area contributed by atoms with Crippen LogP contribution in [0.1, 0.15) is 33.2 Å². The molecule has 1 unspecified atom stereocenters. The number of carbonyl (C=O) groups excluding carboxylic acids is 2. The van der Waals surface area contributed by atoms with Crippen LogP contribution in [0.2, 0.25) is 0 Å². The lowest BCUT2D eigenvalue weighted by Gasteiger charge is -2.25. The number of thiophene rings is 1. The third-order valence-electron chi connectivity index (χ3n) is 5.56. The molecule has 31 heavy (non-hydrogen) atoms. The molecule has 2 heterocycles. The number of rotatable bonds is 3. The van der Waals surface area contributed by atoms with Gasteiger partial charge in [-0.25, -0.2) is 8.78 Å². The van der Waals surface area contributed by atoms with E-state index in [9.17, 15) is 23.5 Å². The van der Waals surface area contributed by atoms with Crippen LogP contribution < -0.4 is 4.90 Å². The van der Waals surface area contributed by atoms with Gasteiger partial charge in [-0.05, 0) is 67.1 Å². The van der Waals surface area contributed by atoms with Crippen molar-refractivity contribution >= 4 is 34.5 Å². The summed E-state index contributed by atoms with van der Waals surface area (Å²) in [5, 5.41) is 12.9. The van der Waals surface area contributed by atoms with E-state index in [0.29, 0.717) is 10.4 Å².